The predicted molar refractivity (Wildman–Crippen MR) is 234 cm³/mol. The van der Waals surface area contributed by atoms with Gasteiger partial charge >= 0.3 is 0 Å². The molecule has 3 N–H and O–H groups in total. The van der Waals surface area contributed by atoms with Crippen LogP contribution in [0.1, 0.15) is 72.2 Å². The first-order valence-corrected chi connectivity index (χ1v) is 21.3. The van der Waals surface area contributed by atoms with Crippen LogP contribution in [-0.2, 0) is 9.59 Å². The van der Waals surface area contributed by atoms with Crippen LogP contribution in [0.15, 0.2) is 85.8 Å². The van der Waals surface area contributed by atoms with Crippen LogP contribution in [0.3, 0.4) is 0 Å². The average Bonchev–Trinajstić information content (AvgIpc) is 3.78. The standard InChI is InChI=1S/C46H54N10O5/c1-3-4-5-6-7-24-61-37-12-9-33(10-13-37)42-41-43(47)48-29-49-44(41)56(51-42)34-18-22-54(23-19-34)36-27-52(28-36)26-32-16-20-53(21-17-32)35-11-14-38-39(25-35)46(60)55(45(38)59)31(2)8-15-40(58)50-30-57/h3-7,9-14,25,29-32,34,36H,1,8,15-24,26-28H2,2H3,(H2,47,48,49)(H,50,57,58)/b5-4-,7-6-. The van der Waals surface area contributed by atoms with E-state index in [1.54, 1.807) is 19.1 Å². The van der Waals surface area contributed by atoms with Crippen LogP contribution in [-0.4, -0.2) is 123 Å². The maximum atomic E-state index is 13.4. The number of allylic oxidation sites excluding steroid dienone is 4. The molecule has 0 aliphatic carbocycles. The van der Waals surface area contributed by atoms with Gasteiger partial charge in [0.1, 0.15) is 30.2 Å². The van der Waals surface area contributed by atoms with Crippen LogP contribution in [0, 0.1) is 5.92 Å². The van der Waals surface area contributed by atoms with Gasteiger partial charge in [-0.2, -0.15) is 5.10 Å². The molecule has 4 aliphatic rings. The van der Waals surface area contributed by atoms with Gasteiger partial charge in [0.05, 0.1) is 22.6 Å². The molecule has 8 rings (SSSR count). The van der Waals surface area contributed by atoms with E-state index < -0.39 is 11.9 Å². The van der Waals surface area contributed by atoms with Crippen molar-refractivity contribution in [3.8, 4) is 17.0 Å². The summed E-state index contributed by atoms with van der Waals surface area (Å²) in [6.07, 6.45) is 15.7. The molecule has 318 valence electrons. The summed E-state index contributed by atoms with van der Waals surface area (Å²) in [6, 6.07) is 13.8. The third-order valence-electron chi connectivity index (χ3n) is 12.6. The zero-order valence-corrected chi connectivity index (χ0v) is 34.7. The Balaban J connectivity index is 0.796. The first-order chi connectivity index (χ1) is 29.7. The smallest absolute Gasteiger partial charge is 0.261 e. The third-order valence-corrected chi connectivity index (χ3v) is 12.6. The van der Waals surface area contributed by atoms with E-state index in [2.05, 4.69) is 41.2 Å². The fourth-order valence-corrected chi connectivity index (χ4v) is 9.19. The van der Waals surface area contributed by atoms with Crippen LogP contribution in [0.25, 0.3) is 22.3 Å². The highest BCUT2D eigenvalue weighted by Gasteiger charge is 2.40. The van der Waals surface area contributed by atoms with Crippen molar-refractivity contribution in [1.29, 1.82) is 0 Å². The topological polar surface area (TPSA) is 172 Å². The molecule has 1 unspecified atom stereocenters. The Bertz CT molecular complexity index is 2320. The molecule has 15 heteroatoms. The van der Waals surface area contributed by atoms with Crippen LogP contribution >= 0.6 is 0 Å². The Morgan fingerprint density at radius 3 is 2.44 bits per heavy atom. The summed E-state index contributed by atoms with van der Waals surface area (Å²) in [6.45, 7) is 13.0. The van der Waals surface area contributed by atoms with Gasteiger partial charge in [-0.1, -0.05) is 30.9 Å². The van der Waals surface area contributed by atoms with Crippen molar-refractivity contribution < 1.29 is 23.9 Å². The number of likely N-dealkylation sites (tertiary alicyclic amines) is 2. The van der Waals surface area contributed by atoms with Crippen LogP contribution < -0.4 is 20.7 Å². The van der Waals surface area contributed by atoms with Crippen LogP contribution in [0.4, 0.5) is 11.5 Å². The summed E-state index contributed by atoms with van der Waals surface area (Å²) in [7, 11) is 0. The fraction of sp³-hybridized carbons (Fsp3) is 0.413. The van der Waals surface area contributed by atoms with E-state index in [1.807, 2.05) is 60.7 Å². The molecule has 61 heavy (non-hydrogen) atoms. The number of nitrogens with zero attached hydrogens (tertiary/aromatic N) is 8. The average molecular weight is 827 g/mol. The van der Waals surface area contributed by atoms with E-state index in [-0.39, 0.29) is 30.7 Å². The molecular weight excluding hydrogens is 773 g/mol. The predicted octanol–water partition coefficient (Wildman–Crippen LogP) is 5.03. The van der Waals surface area contributed by atoms with E-state index in [4.69, 9.17) is 15.6 Å². The van der Waals surface area contributed by atoms with E-state index in [9.17, 15) is 19.2 Å². The number of imide groups is 2. The Morgan fingerprint density at radius 1 is 0.951 bits per heavy atom. The number of anilines is 2. The maximum Gasteiger partial charge on any atom is 0.261 e. The highest BCUT2D eigenvalue weighted by molar-refractivity contribution is 6.22. The van der Waals surface area contributed by atoms with Crippen molar-refractivity contribution >= 4 is 46.7 Å². The van der Waals surface area contributed by atoms with Gasteiger partial charge in [-0.15, -0.1) is 0 Å². The van der Waals surface area contributed by atoms with Crippen molar-refractivity contribution in [3.63, 3.8) is 0 Å². The number of amides is 4. The first kappa shape index (κ1) is 41.5. The fourth-order valence-electron chi connectivity index (χ4n) is 9.19. The first-order valence-electron chi connectivity index (χ1n) is 21.3. The molecule has 2 aromatic heterocycles. The molecule has 1 atom stereocenters. The van der Waals surface area contributed by atoms with E-state index in [1.165, 1.54) is 11.2 Å². The third kappa shape index (κ3) is 8.98. The zero-order valence-electron chi connectivity index (χ0n) is 34.7. The molecule has 2 aromatic carbocycles. The molecule has 3 fully saturated rings. The second-order valence-corrected chi connectivity index (χ2v) is 16.5. The van der Waals surface area contributed by atoms with E-state index in [0.717, 1.165) is 105 Å². The molecule has 3 saturated heterocycles. The lowest BCUT2D eigenvalue weighted by Crippen LogP contribution is -2.61. The summed E-state index contributed by atoms with van der Waals surface area (Å²) in [5, 5.41) is 8.00. The van der Waals surface area contributed by atoms with Gasteiger partial charge in [0.2, 0.25) is 12.3 Å². The van der Waals surface area contributed by atoms with Crippen molar-refractivity contribution in [2.24, 2.45) is 5.92 Å². The second-order valence-electron chi connectivity index (χ2n) is 16.5. The number of hydrogen-bond acceptors (Lipinski definition) is 12. The molecule has 4 aromatic rings. The van der Waals surface area contributed by atoms with Gasteiger partial charge in [-0.3, -0.25) is 39.2 Å². The van der Waals surface area contributed by atoms with Gasteiger partial charge in [-0.25, -0.2) is 14.6 Å². The molecule has 4 aliphatic heterocycles. The van der Waals surface area contributed by atoms with Crippen LogP contribution in [0.5, 0.6) is 5.75 Å². The minimum absolute atomic E-state index is 0.0482. The molecule has 0 saturated carbocycles. The Labute approximate surface area is 355 Å². The molecule has 0 spiro atoms. The number of nitrogen functional groups attached to an aromatic ring is 1. The van der Waals surface area contributed by atoms with Gasteiger partial charge in [0.25, 0.3) is 11.8 Å². The highest BCUT2D eigenvalue weighted by atomic mass is 16.5. The van der Waals surface area contributed by atoms with Gasteiger partial charge in [-0.05, 0) is 93.5 Å². The number of rotatable bonds is 16. The molecule has 0 radical (unpaired) electrons. The van der Waals surface area contributed by atoms with Gasteiger partial charge in [0.15, 0.2) is 5.65 Å². The quantitative estimate of drug-likeness (QED) is 0.0879. The SMILES string of the molecule is C=C/C=C\C=C/COc1ccc(-c2nn(C3CCN(C4CN(CC5CCN(c6ccc7c(c6)C(=O)N(C(C)CCC(=O)NC=O)C7=O)CC5)C4)CC3)c3ncnc(N)c23)cc1. The number of ether oxygens (including phenoxy) is 1. The summed E-state index contributed by atoms with van der Waals surface area (Å²) in [5.74, 6) is 0.706. The molecule has 15 nitrogen and oxygen atoms in total. The largest absolute Gasteiger partial charge is 0.490 e. The number of nitrogens with two attached hydrogens (primary N) is 1. The van der Waals surface area contributed by atoms with Crippen molar-refractivity contribution in [2.45, 2.75) is 63.6 Å². The summed E-state index contributed by atoms with van der Waals surface area (Å²) in [5.41, 5.74) is 10.7. The van der Waals surface area contributed by atoms with Crippen molar-refractivity contribution in [3.05, 3.63) is 96.9 Å². The van der Waals surface area contributed by atoms with Gasteiger partial charge in [0, 0.05) is 75.6 Å². The number of benzene rings is 2. The molecule has 4 amide bonds. The number of carbonyl (C=O) groups is 4. The minimum atomic E-state index is -0.467. The second kappa shape index (κ2) is 18.6. The highest BCUT2D eigenvalue weighted by Crippen LogP contribution is 2.36. The number of piperidine rings is 2. The van der Waals surface area contributed by atoms with Crippen molar-refractivity contribution in [1.82, 2.24) is 39.8 Å². The zero-order chi connectivity index (χ0) is 42.5. The Hall–Kier alpha value is -6.19. The Kier molecular flexibility index (Phi) is 12.7. The summed E-state index contributed by atoms with van der Waals surface area (Å²) < 4.78 is 7.95. The van der Waals surface area contributed by atoms with E-state index in [0.29, 0.717) is 41.9 Å². The minimum Gasteiger partial charge on any atom is -0.490 e. The van der Waals surface area contributed by atoms with Crippen LogP contribution in [0.2, 0.25) is 0 Å². The lowest BCUT2D eigenvalue weighted by molar-refractivity contribution is -0.125. The molecule has 6 heterocycles. The number of hydrogen-bond donors (Lipinski definition) is 2. The number of carbonyl (C=O) groups excluding carboxylic acids is 4. The lowest BCUT2D eigenvalue weighted by atomic mass is 9.93. The summed E-state index contributed by atoms with van der Waals surface area (Å²) >= 11 is 0. The Morgan fingerprint density at radius 2 is 1.70 bits per heavy atom. The molecule has 0 bridgehead atoms. The number of fused-ring (bicyclic) bond motifs is 2. The maximum absolute atomic E-state index is 13.4. The lowest BCUT2D eigenvalue weighted by Gasteiger charge is -2.49. The van der Waals surface area contributed by atoms with E-state index >= 15 is 0 Å². The number of nitrogens with one attached hydrogen (secondary N) is 1. The molecular formula is C46H54N10O5. The number of aromatic nitrogens is 4. The summed E-state index contributed by atoms with van der Waals surface area (Å²) in [4.78, 5) is 66.6. The monoisotopic (exact) mass is 826 g/mol. The van der Waals surface area contributed by atoms with Gasteiger partial charge < -0.3 is 15.4 Å². The van der Waals surface area contributed by atoms with Crippen molar-refractivity contribution in [2.75, 3.05) is 63.1 Å². The normalized spacial score (nSPS) is 18.9.